The maximum absolute atomic E-state index is 2.26. The Labute approximate surface area is 69.0 Å². The largest absolute Gasteiger partial charge is 2.00 e. The Kier molecular flexibility index (Phi) is 135. The summed E-state index contributed by atoms with van der Waals surface area (Å²) in [6, 6.07) is 0. The van der Waals surface area contributed by atoms with Gasteiger partial charge in [-0.3, -0.25) is 0 Å². The normalized spacial score (nSPS) is 3.00. The van der Waals surface area contributed by atoms with Gasteiger partial charge in [0.15, 0.2) is 0 Å². The summed E-state index contributed by atoms with van der Waals surface area (Å²) in [5.41, 5.74) is 0. The fraction of sp³-hybridized carbons (Fsp3) is 1.00. The van der Waals surface area contributed by atoms with Crippen LogP contribution in [0.25, 0.3) is 0 Å². The van der Waals surface area contributed by atoms with Crippen LogP contribution in [-0.4, -0.2) is 9.52 Å². The van der Waals surface area contributed by atoms with Crippen molar-refractivity contribution in [3.8, 4) is 0 Å². The van der Waals surface area contributed by atoms with Gasteiger partial charge in [-0.1, -0.05) is 13.1 Å². The summed E-state index contributed by atoms with van der Waals surface area (Å²) in [6.07, 6.45) is 0. The van der Waals surface area contributed by atoms with Gasteiger partial charge in [0.2, 0.25) is 0 Å². The molecule has 0 aliphatic heterocycles. The molecule has 0 radical (unpaired) electrons. The number of rotatable bonds is 0. The monoisotopic (exact) mass is 178 g/mol. The van der Waals surface area contributed by atoms with Crippen molar-refractivity contribution in [3.63, 3.8) is 0 Å². The minimum atomic E-state index is 0. The van der Waals surface area contributed by atoms with E-state index in [1.54, 1.807) is 0 Å². The van der Waals surface area contributed by atoms with Gasteiger partial charge in [0.25, 0.3) is 0 Å². The van der Waals surface area contributed by atoms with E-state index in [0.717, 1.165) is 0 Å². The van der Waals surface area contributed by atoms with Gasteiger partial charge in [0.05, 0.1) is 0 Å². The second-order valence-corrected chi connectivity index (χ2v) is 2.12. The van der Waals surface area contributed by atoms with E-state index in [-0.39, 0.29) is 46.5 Å². The second-order valence-electron chi connectivity index (χ2n) is 0.707. The first-order valence-electron chi connectivity index (χ1n) is 1.41. The Morgan fingerprint density at radius 3 is 1.00 bits per heavy atom. The van der Waals surface area contributed by atoms with Crippen LogP contribution in [0.5, 0.6) is 0 Å². The summed E-state index contributed by atoms with van der Waals surface area (Å²) in [5, 5.41) is 0. The molecule has 0 atom stereocenters. The molecule has 4 heteroatoms. The zero-order chi connectivity index (χ0) is 2.71. The number of hydrogen-bond donors (Lipinski definition) is 0. The molecule has 0 rings (SSSR count). The number of hydrogen-bond acceptors (Lipinski definition) is 0. The zero-order valence-electron chi connectivity index (χ0n) is 3.96. The van der Waals surface area contributed by atoms with Gasteiger partial charge >= 0.3 is 21.7 Å². The van der Waals surface area contributed by atoms with Crippen LogP contribution in [-0.2, 0) is 21.7 Å². The Morgan fingerprint density at radius 1 is 1.00 bits per heavy atom. The summed E-state index contributed by atoms with van der Waals surface area (Å²) < 4.78 is 0. The summed E-state index contributed by atoms with van der Waals surface area (Å²) >= 11 is 0. The van der Waals surface area contributed by atoms with Crippen LogP contribution in [0.3, 0.4) is 0 Å². The van der Waals surface area contributed by atoms with Crippen molar-refractivity contribution in [2.24, 2.45) is 0 Å². The fourth-order valence-corrected chi connectivity index (χ4v) is 0. The molecule has 6 heavy (non-hydrogen) atoms. The fourth-order valence-electron chi connectivity index (χ4n) is 0. The van der Waals surface area contributed by atoms with Gasteiger partial charge in [-0.25, -0.2) is 0 Å². The van der Waals surface area contributed by atoms with E-state index in [2.05, 4.69) is 13.1 Å². The van der Waals surface area contributed by atoms with E-state index < -0.39 is 0 Å². The SMILES string of the molecule is C[SiH2]C.[Cl-].[Cl-].[Ti+2]. The molecule has 0 aliphatic carbocycles. The average molecular weight is 179 g/mol. The van der Waals surface area contributed by atoms with Crippen molar-refractivity contribution in [2.45, 2.75) is 13.1 Å². The van der Waals surface area contributed by atoms with Gasteiger partial charge < -0.3 is 24.8 Å². The first-order valence-corrected chi connectivity index (χ1v) is 4.24. The topological polar surface area (TPSA) is 0 Å². The summed E-state index contributed by atoms with van der Waals surface area (Å²) in [6.45, 7) is 4.53. The van der Waals surface area contributed by atoms with Gasteiger partial charge in [0, 0.05) is 9.52 Å². The van der Waals surface area contributed by atoms with E-state index in [0.29, 0.717) is 9.52 Å². The molecule has 0 saturated carbocycles. The third kappa shape index (κ3) is 49.1. The van der Waals surface area contributed by atoms with E-state index in [1.807, 2.05) is 0 Å². The van der Waals surface area contributed by atoms with E-state index in [4.69, 9.17) is 0 Å². The Balaban J connectivity index is -0.00000000667. The van der Waals surface area contributed by atoms with Crippen LogP contribution in [0.2, 0.25) is 13.1 Å². The predicted molar refractivity (Wildman–Crippen MR) is 20.3 cm³/mol. The van der Waals surface area contributed by atoms with Gasteiger partial charge in [-0.15, -0.1) is 0 Å². The molecule has 0 amide bonds. The predicted octanol–water partition coefficient (Wildman–Crippen LogP) is -5.74. The molecule has 38 valence electrons. The van der Waals surface area contributed by atoms with Crippen molar-refractivity contribution in [1.29, 1.82) is 0 Å². The number of halogens is 2. The summed E-state index contributed by atoms with van der Waals surface area (Å²) in [4.78, 5) is 0. The smallest absolute Gasteiger partial charge is 1.00 e. The first-order chi connectivity index (χ1) is 1.41. The third-order valence-electron chi connectivity index (χ3n) is 0. The maximum atomic E-state index is 2.26. The molecular weight excluding hydrogens is 171 g/mol. The zero-order valence-corrected chi connectivity index (χ0v) is 8.45. The Bertz CT molecular complexity index is 11.5. The molecule has 0 heterocycles. The van der Waals surface area contributed by atoms with Gasteiger partial charge in [-0.05, 0) is 0 Å². The van der Waals surface area contributed by atoms with Crippen LogP contribution in [0.1, 0.15) is 0 Å². The molecule has 0 bridgehead atoms. The first kappa shape index (κ1) is 25.8. The average Bonchev–Trinajstić information content (AvgIpc) is 0.918. The molecule has 0 aromatic rings. The van der Waals surface area contributed by atoms with Crippen molar-refractivity contribution >= 4 is 9.52 Å². The minimum absolute atomic E-state index is 0. The molecule has 0 unspecified atom stereocenters. The Hall–Kier alpha value is 1.51. The van der Waals surface area contributed by atoms with Crippen LogP contribution in [0, 0.1) is 0 Å². The molecule has 0 aliphatic rings. The molecule has 0 N–H and O–H groups in total. The van der Waals surface area contributed by atoms with E-state index in [1.165, 1.54) is 0 Å². The van der Waals surface area contributed by atoms with Crippen molar-refractivity contribution in [2.75, 3.05) is 0 Å². The Morgan fingerprint density at radius 2 is 1.00 bits per heavy atom. The molecule has 0 aromatic carbocycles. The minimum Gasteiger partial charge on any atom is -1.00 e. The van der Waals surface area contributed by atoms with Crippen LogP contribution < -0.4 is 24.8 Å². The molecule has 0 fully saturated rings. The maximum Gasteiger partial charge on any atom is 2.00 e. The molecular formula is C2H8Cl2SiTi. The molecule has 0 saturated heterocycles. The summed E-state index contributed by atoms with van der Waals surface area (Å²) in [5.74, 6) is 0. The van der Waals surface area contributed by atoms with Gasteiger partial charge in [0.1, 0.15) is 0 Å². The third-order valence-corrected chi connectivity index (χ3v) is 0. The van der Waals surface area contributed by atoms with Crippen LogP contribution in [0.15, 0.2) is 0 Å². The second kappa shape index (κ2) is 31.4. The molecule has 0 nitrogen and oxygen atoms in total. The summed E-state index contributed by atoms with van der Waals surface area (Å²) in [7, 11) is 0.417. The van der Waals surface area contributed by atoms with Crippen molar-refractivity contribution in [3.05, 3.63) is 0 Å². The van der Waals surface area contributed by atoms with E-state index in [9.17, 15) is 0 Å². The van der Waals surface area contributed by atoms with E-state index >= 15 is 0 Å². The van der Waals surface area contributed by atoms with Crippen LogP contribution in [0.4, 0.5) is 0 Å². The molecule has 0 spiro atoms. The standard InChI is InChI=1S/C2H8Si.2ClH.Ti/c1-3-2;;;/h3H2,1-2H3;2*1H;/q;;;+2/p-2. The quantitative estimate of drug-likeness (QED) is 0.325. The van der Waals surface area contributed by atoms with Crippen molar-refractivity contribution in [1.82, 2.24) is 0 Å². The van der Waals surface area contributed by atoms with Gasteiger partial charge in [-0.2, -0.15) is 0 Å². The molecule has 0 aromatic heterocycles. The van der Waals surface area contributed by atoms with Crippen molar-refractivity contribution < 1.29 is 46.5 Å². The van der Waals surface area contributed by atoms with Crippen LogP contribution >= 0.6 is 0 Å².